The van der Waals surface area contributed by atoms with Crippen LogP contribution in [0.4, 0.5) is 10.1 Å². The molecule has 0 bridgehead atoms. The van der Waals surface area contributed by atoms with E-state index in [2.05, 4.69) is 5.32 Å². The molecule has 0 aliphatic rings. The molecule has 1 amide bonds. The highest BCUT2D eigenvalue weighted by Crippen LogP contribution is 2.11. The van der Waals surface area contributed by atoms with Crippen LogP contribution in [0.1, 0.15) is 15.9 Å². The molecular formula is C17H16FNO2S. The highest BCUT2D eigenvalue weighted by atomic mass is 32.2. The van der Waals surface area contributed by atoms with Gasteiger partial charge in [0, 0.05) is 11.3 Å². The zero-order chi connectivity index (χ0) is 15.9. The van der Waals surface area contributed by atoms with Crippen molar-refractivity contribution in [1.29, 1.82) is 0 Å². The summed E-state index contributed by atoms with van der Waals surface area (Å²) in [6.45, 7) is 1.96. The van der Waals surface area contributed by atoms with Crippen LogP contribution in [0.3, 0.4) is 0 Å². The molecule has 0 heterocycles. The maximum atomic E-state index is 12.7. The Labute approximate surface area is 132 Å². The smallest absolute Gasteiger partial charge is 0.234 e. The SMILES string of the molecule is Cc1ccc(C(=O)CSCC(=O)Nc2ccc(F)cc2)cc1. The van der Waals surface area contributed by atoms with Gasteiger partial charge < -0.3 is 5.32 Å². The van der Waals surface area contributed by atoms with Gasteiger partial charge in [0.2, 0.25) is 5.91 Å². The Hall–Kier alpha value is -2.14. The number of thioether (sulfide) groups is 1. The lowest BCUT2D eigenvalue weighted by Gasteiger charge is -2.05. The molecule has 0 aliphatic carbocycles. The van der Waals surface area contributed by atoms with Crippen LogP contribution in [0.25, 0.3) is 0 Å². The van der Waals surface area contributed by atoms with Gasteiger partial charge in [0.05, 0.1) is 11.5 Å². The third-order valence-corrected chi connectivity index (χ3v) is 3.90. The number of carbonyl (C=O) groups is 2. The van der Waals surface area contributed by atoms with Crippen molar-refractivity contribution >= 4 is 29.1 Å². The molecule has 2 rings (SSSR count). The number of hydrogen-bond donors (Lipinski definition) is 1. The molecule has 0 aliphatic heterocycles. The number of hydrogen-bond acceptors (Lipinski definition) is 3. The molecule has 0 saturated carbocycles. The van der Waals surface area contributed by atoms with Crippen LogP contribution in [0, 0.1) is 12.7 Å². The fourth-order valence-corrected chi connectivity index (χ4v) is 2.50. The number of nitrogens with one attached hydrogen (secondary N) is 1. The third-order valence-electron chi connectivity index (χ3n) is 2.97. The molecule has 0 saturated heterocycles. The van der Waals surface area contributed by atoms with E-state index in [9.17, 15) is 14.0 Å². The van der Waals surface area contributed by atoms with Crippen molar-refractivity contribution in [2.24, 2.45) is 0 Å². The lowest BCUT2D eigenvalue weighted by Crippen LogP contribution is -2.15. The molecule has 3 nitrogen and oxygen atoms in total. The highest BCUT2D eigenvalue weighted by molar-refractivity contribution is 8.00. The molecule has 2 aromatic rings. The first-order chi connectivity index (χ1) is 10.5. The number of carbonyl (C=O) groups excluding carboxylic acids is 2. The molecule has 1 N–H and O–H groups in total. The molecule has 0 aromatic heterocycles. The van der Waals surface area contributed by atoms with Crippen molar-refractivity contribution in [3.05, 3.63) is 65.5 Å². The van der Waals surface area contributed by atoms with E-state index in [1.54, 1.807) is 12.1 Å². The van der Waals surface area contributed by atoms with Gasteiger partial charge in [-0.1, -0.05) is 29.8 Å². The molecule has 2 aromatic carbocycles. The molecule has 22 heavy (non-hydrogen) atoms. The van der Waals surface area contributed by atoms with Gasteiger partial charge in [0.1, 0.15) is 5.82 Å². The number of amides is 1. The third kappa shape index (κ3) is 5.00. The summed E-state index contributed by atoms with van der Waals surface area (Å²) in [5.41, 5.74) is 2.29. The van der Waals surface area contributed by atoms with Crippen LogP contribution >= 0.6 is 11.8 Å². The van der Waals surface area contributed by atoms with Crippen LogP contribution in [0.15, 0.2) is 48.5 Å². The van der Waals surface area contributed by atoms with E-state index in [0.717, 1.165) is 5.56 Å². The Morgan fingerprint density at radius 2 is 1.64 bits per heavy atom. The predicted molar refractivity (Wildman–Crippen MR) is 87.9 cm³/mol. The first-order valence-electron chi connectivity index (χ1n) is 6.77. The van der Waals surface area contributed by atoms with E-state index in [1.807, 2.05) is 19.1 Å². The summed E-state index contributed by atoms with van der Waals surface area (Å²) in [7, 11) is 0. The van der Waals surface area contributed by atoms with Crippen LogP contribution in [0.2, 0.25) is 0 Å². The van der Waals surface area contributed by atoms with Gasteiger partial charge in [-0.2, -0.15) is 0 Å². The molecule has 0 radical (unpaired) electrons. The Balaban J connectivity index is 1.75. The maximum Gasteiger partial charge on any atom is 0.234 e. The van der Waals surface area contributed by atoms with Gasteiger partial charge >= 0.3 is 0 Å². The largest absolute Gasteiger partial charge is 0.325 e. The number of benzene rings is 2. The quantitative estimate of drug-likeness (QED) is 0.827. The number of anilines is 1. The van der Waals surface area contributed by atoms with Crippen LogP contribution in [-0.4, -0.2) is 23.2 Å². The van der Waals surface area contributed by atoms with Crippen molar-refractivity contribution in [3.8, 4) is 0 Å². The monoisotopic (exact) mass is 317 g/mol. The number of rotatable bonds is 6. The summed E-state index contributed by atoms with van der Waals surface area (Å²) in [5.74, 6) is -0.140. The fourth-order valence-electron chi connectivity index (χ4n) is 1.79. The minimum absolute atomic E-state index is 0.000387. The van der Waals surface area contributed by atoms with E-state index in [1.165, 1.54) is 36.0 Å². The topological polar surface area (TPSA) is 46.2 Å². The van der Waals surface area contributed by atoms with E-state index >= 15 is 0 Å². The Morgan fingerprint density at radius 3 is 2.27 bits per heavy atom. The van der Waals surface area contributed by atoms with Gasteiger partial charge in [0.25, 0.3) is 0 Å². The average molecular weight is 317 g/mol. The molecule has 0 atom stereocenters. The summed E-state index contributed by atoms with van der Waals surface area (Å²) in [6.07, 6.45) is 0. The first kappa shape index (κ1) is 16.2. The van der Waals surface area contributed by atoms with Gasteiger partial charge in [0.15, 0.2) is 5.78 Å². The van der Waals surface area contributed by atoms with Crippen LogP contribution < -0.4 is 5.32 Å². The molecule has 114 valence electrons. The van der Waals surface area contributed by atoms with Crippen LogP contribution in [-0.2, 0) is 4.79 Å². The van der Waals surface area contributed by atoms with Crippen LogP contribution in [0.5, 0.6) is 0 Å². The van der Waals surface area contributed by atoms with Crippen molar-refractivity contribution < 1.29 is 14.0 Å². The highest BCUT2D eigenvalue weighted by Gasteiger charge is 2.08. The van der Waals surface area contributed by atoms with Gasteiger partial charge in [-0.25, -0.2) is 4.39 Å². The molecule has 0 fully saturated rings. The molecule has 5 heteroatoms. The number of aryl methyl sites for hydroxylation is 1. The van der Waals surface area contributed by atoms with Crippen molar-refractivity contribution in [3.63, 3.8) is 0 Å². The normalized spacial score (nSPS) is 10.3. The molecular weight excluding hydrogens is 301 g/mol. The first-order valence-corrected chi connectivity index (χ1v) is 7.93. The minimum atomic E-state index is -0.351. The zero-order valence-electron chi connectivity index (χ0n) is 12.1. The van der Waals surface area contributed by atoms with E-state index in [-0.39, 0.29) is 29.0 Å². The summed E-state index contributed by atoms with van der Waals surface area (Å²) in [4.78, 5) is 23.7. The summed E-state index contributed by atoms with van der Waals surface area (Å²) in [5, 5.41) is 2.65. The van der Waals surface area contributed by atoms with Gasteiger partial charge in [-0.05, 0) is 31.2 Å². The predicted octanol–water partition coefficient (Wildman–Crippen LogP) is 3.69. The lowest BCUT2D eigenvalue weighted by atomic mass is 10.1. The second-order valence-corrected chi connectivity index (χ2v) is 5.82. The van der Waals surface area contributed by atoms with Crippen molar-refractivity contribution in [2.75, 3.05) is 16.8 Å². The number of halogens is 1. The maximum absolute atomic E-state index is 12.7. The van der Waals surface area contributed by atoms with Crippen molar-refractivity contribution in [2.45, 2.75) is 6.92 Å². The number of ketones is 1. The van der Waals surface area contributed by atoms with E-state index in [4.69, 9.17) is 0 Å². The Kier molecular flexibility index (Phi) is 5.72. The lowest BCUT2D eigenvalue weighted by molar-refractivity contribution is -0.113. The zero-order valence-corrected chi connectivity index (χ0v) is 13.0. The average Bonchev–Trinajstić information content (AvgIpc) is 2.50. The fraction of sp³-hybridized carbons (Fsp3) is 0.176. The Bertz CT molecular complexity index is 653. The van der Waals surface area contributed by atoms with E-state index < -0.39 is 0 Å². The second-order valence-electron chi connectivity index (χ2n) is 4.84. The van der Waals surface area contributed by atoms with E-state index in [0.29, 0.717) is 11.3 Å². The van der Waals surface area contributed by atoms with Gasteiger partial charge in [-0.15, -0.1) is 11.8 Å². The number of Topliss-reactive ketones (excluding diaryl/α,β-unsaturated/α-hetero) is 1. The van der Waals surface area contributed by atoms with Gasteiger partial charge in [-0.3, -0.25) is 9.59 Å². The second kappa shape index (κ2) is 7.75. The summed E-state index contributed by atoms with van der Waals surface area (Å²) in [6, 6.07) is 12.9. The summed E-state index contributed by atoms with van der Waals surface area (Å²) >= 11 is 1.26. The summed E-state index contributed by atoms with van der Waals surface area (Å²) < 4.78 is 12.7. The Morgan fingerprint density at radius 1 is 1.00 bits per heavy atom. The molecule has 0 spiro atoms. The molecule has 0 unspecified atom stereocenters. The standard InChI is InChI=1S/C17H16FNO2S/c1-12-2-4-13(5-3-12)16(20)10-22-11-17(21)19-15-8-6-14(18)7-9-15/h2-9H,10-11H2,1H3,(H,19,21). The minimum Gasteiger partial charge on any atom is -0.325 e. The van der Waals surface area contributed by atoms with Crippen molar-refractivity contribution in [1.82, 2.24) is 0 Å².